The summed E-state index contributed by atoms with van der Waals surface area (Å²) in [6.07, 6.45) is 3.51. The third kappa shape index (κ3) is 3.40. The maximum atomic E-state index is 12.0. The van der Waals surface area contributed by atoms with Crippen LogP contribution in [0, 0.1) is 0 Å². The van der Waals surface area contributed by atoms with E-state index in [9.17, 15) is 9.59 Å². The summed E-state index contributed by atoms with van der Waals surface area (Å²) >= 11 is 0. The minimum atomic E-state index is -1.20. The van der Waals surface area contributed by atoms with Crippen molar-refractivity contribution in [1.29, 1.82) is 0 Å². The first-order valence-electron chi connectivity index (χ1n) is 8.34. The van der Waals surface area contributed by atoms with Gasteiger partial charge in [-0.2, -0.15) is 5.10 Å². The van der Waals surface area contributed by atoms with E-state index in [2.05, 4.69) is 19.8 Å². The molecule has 0 unspecified atom stereocenters. The maximum absolute atomic E-state index is 12.0. The topological polar surface area (TPSA) is 164 Å². The van der Waals surface area contributed by atoms with Crippen LogP contribution in [0.1, 0.15) is 10.5 Å². The highest BCUT2D eigenvalue weighted by Crippen LogP contribution is 2.26. The number of primary amides is 1. The van der Waals surface area contributed by atoms with Gasteiger partial charge >= 0.3 is 12.1 Å². The van der Waals surface area contributed by atoms with Gasteiger partial charge in [0.15, 0.2) is 11.5 Å². The predicted molar refractivity (Wildman–Crippen MR) is 96.5 cm³/mol. The fraction of sp³-hybridized carbons (Fsp3) is 0.250. The first kappa shape index (κ1) is 17.6. The number of esters is 1. The lowest BCUT2D eigenvalue weighted by atomic mass is 10.2. The van der Waals surface area contributed by atoms with E-state index in [4.69, 9.17) is 21.2 Å². The summed E-state index contributed by atoms with van der Waals surface area (Å²) in [7, 11) is 0. The van der Waals surface area contributed by atoms with Gasteiger partial charge < -0.3 is 25.8 Å². The van der Waals surface area contributed by atoms with Gasteiger partial charge in [-0.05, 0) is 0 Å². The summed E-state index contributed by atoms with van der Waals surface area (Å²) in [5.41, 5.74) is 12.1. The Balaban J connectivity index is 1.84. The lowest BCUT2D eigenvalue weighted by Crippen LogP contribution is -2.37. The number of hydrogen-bond donors (Lipinski definition) is 2. The monoisotopic (exact) mass is 384 g/mol. The Hall–Kier alpha value is -3.80. The van der Waals surface area contributed by atoms with Crippen molar-refractivity contribution in [2.75, 3.05) is 36.9 Å². The number of hydrogen-bond acceptors (Lipinski definition) is 10. The Morgan fingerprint density at radius 2 is 1.89 bits per heavy atom. The minimum absolute atomic E-state index is 0.0687. The van der Waals surface area contributed by atoms with E-state index in [1.165, 1.54) is 10.6 Å². The smallest absolute Gasteiger partial charge is 0.378 e. The highest BCUT2D eigenvalue weighted by molar-refractivity contribution is 5.96. The quantitative estimate of drug-likeness (QED) is 0.458. The molecule has 0 atom stereocenters. The molecule has 4 rings (SSSR count). The average Bonchev–Trinajstić information content (AvgIpc) is 3.12. The van der Waals surface area contributed by atoms with E-state index in [0.717, 1.165) is 0 Å². The number of aromatic nitrogens is 5. The molecule has 1 amide bonds. The van der Waals surface area contributed by atoms with Crippen LogP contribution in [-0.4, -0.2) is 62.9 Å². The van der Waals surface area contributed by atoms with Crippen LogP contribution >= 0.6 is 0 Å². The van der Waals surface area contributed by atoms with Gasteiger partial charge in [0.25, 0.3) is 0 Å². The van der Waals surface area contributed by atoms with E-state index in [1.54, 1.807) is 18.6 Å². The van der Waals surface area contributed by atoms with Gasteiger partial charge in [0.2, 0.25) is 5.95 Å². The lowest BCUT2D eigenvalue weighted by Gasteiger charge is -2.28. The van der Waals surface area contributed by atoms with Crippen molar-refractivity contribution in [2.24, 2.45) is 5.73 Å². The normalized spacial score (nSPS) is 14.2. The molecule has 3 aromatic heterocycles. The van der Waals surface area contributed by atoms with Crippen LogP contribution in [0.5, 0.6) is 0 Å². The lowest BCUT2D eigenvalue weighted by molar-refractivity contribution is 0.0631. The molecule has 1 aliphatic rings. The first-order valence-corrected chi connectivity index (χ1v) is 8.34. The average molecular weight is 384 g/mol. The predicted octanol–water partition coefficient (Wildman–Crippen LogP) is -0.159. The Kier molecular flexibility index (Phi) is 4.45. The number of carbonyl (C=O) groups excluding carboxylic acids is 2. The molecule has 3 aromatic rings. The van der Waals surface area contributed by atoms with Crippen molar-refractivity contribution in [1.82, 2.24) is 24.6 Å². The second-order valence-electron chi connectivity index (χ2n) is 5.95. The third-order valence-electron chi connectivity index (χ3n) is 4.12. The summed E-state index contributed by atoms with van der Waals surface area (Å²) in [4.78, 5) is 37.6. The number of anilines is 2. The van der Waals surface area contributed by atoms with Crippen molar-refractivity contribution in [2.45, 2.75) is 0 Å². The van der Waals surface area contributed by atoms with Crippen LogP contribution in [0.15, 0.2) is 24.7 Å². The summed E-state index contributed by atoms with van der Waals surface area (Å²) in [6, 6.07) is 1.49. The standard InChI is InChI=1S/C16H16N8O4/c17-15-19-6-9(7-20-15)11-8-24-12(5-10(22-24)14(25)28-16(18)26)13(21-11)23-1-3-27-4-2-23/h5-8H,1-4H2,(H2,18,26)(H2,17,19,20). The molecule has 0 aliphatic carbocycles. The van der Waals surface area contributed by atoms with E-state index in [0.29, 0.717) is 48.9 Å². The van der Waals surface area contributed by atoms with Gasteiger partial charge in [0.1, 0.15) is 5.52 Å². The van der Waals surface area contributed by atoms with E-state index in [1.807, 2.05) is 4.90 Å². The zero-order chi connectivity index (χ0) is 19.7. The summed E-state index contributed by atoms with van der Waals surface area (Å²) < 4.78 is 11.3. The number of nitrogens with zero attached hydrogens (tertiary/aromatic N) is 6. The van der Waals surface area contributed by atoms with Gasteiger partial charge in [-0.25, -0.2) is 29.1 Å². The van der Waals surface area contributed by atoms with Gasteiger partial charge in [-0.1, -0.05) is 0 Å². The second kappa shape index (κ2) is 7.08. The number of morpholine rings is 1. The minimum Gasteiger partial charge on any atom is -0.378 e. The molecule has 144 valence electrons. The number of ether oxygens (including phenoxy) is 2. The summed E-state index contributed by atoms with van der Waals surface area (Å²) in [5, 5.41) is 4.20. The van der Waals surface area contributed by atoms with Crippen LogP contribution in [0.2, 0.25) is 0 Å². The number of nitrogen functional groups attached to an aromatic ring is 1. The molecular weight excluding hydrogens is 368 g/mol. The number of rotatable bonds is 3. The fourth-order valence-electron chi connectivity index (χ4n) is 2.84. The van der Waals surface area contributed by atoms with Crippen molar-refractivity contribution in [3.05, 3.63) is 30.4 Å². The molecule has 0 spiro atoms. The number of fused-ring (bicyclic) bond motifs is 1. The van der Waals surface area contributed by atoms with Crippen molar-refractivity contribution < 1.29 is 19.1 Å². The van der Waals surface area contributed by atoms with Crippen LogP contribution in [0.3, 0.4) is 0 Å². The maximum Gasteiger partial charge on any atom is 0.412 e. The zero-order valence-electron chi connectivity index (χ0n) is 14.6. The van der Waals surface area contributed by atoms with Crippen LogP contribution < -0.4 is 16.4 Å². The fourth-order valence-corrected chi connectivity index (χ4v) is 2.84. The molecule has 12 nitrogen and oxygen atoms in total. The van der Waals surface area contributed by atoms with Gasteiger partial charge in [-0.3, -0.25) is 0 Å². The van der Waals surface area contributed by atoms with Gasteiger partial charge in [0.05, 0.1) is 25.1 Å². The molecule has 0 radical (unpaired) electrons. The highest BCUT2D eigenvalue weighted by atomic mass is 16.6. The molecule has 4 N–H and O–H groups in total. The molecule has 12 heteroatoms. The summed E-state index contributed by atoms with van der Waals surface area (Å²) in [6.45, 7) is 2.34. The SMILES string of the molecule is NC(=O)OC(=O)c1cc2c(N3CCOCC3)nc(-c3cnc(N)nc3)cn2n1. The van der Waals surface area contributed by atoms with E-state index < -0.39 is 12.1 Å². The molecule has 1 fully saturated rings. The van der Waals surface area contributed by atoms with Gasteiger partial charge in [0, 0.05) is 37.1 Å². The van der Waals surface area contributed by atoms with Crippen molar-refractivity contribution >= 4 is 29.3 Å². The Bertz CT molecular complexity index is 1040. The highest BCUT2D eigenvalue weighted by Gasteiger charge is 2.22. The third-order valence-corrected chi connectivity index (χ3v) is 4.12. The van der Waals surface area contributed by atoms with E-state index >= 15 is 0 Å². The Morgan fingerprint density at radius 1 is 1.18 bits per heavy atom. The largest absolute Gasteiger partial charge is 0.412 e. The van der Waals surface area contributed by atoms with Gasteiger partial charge in [-0.15, -0.1) is 0 Å². The Labute approximate surface area is 158 Å². The Morgan fingerprint density at radius 3 is 2.57 bits per heavy atom. The molecule has 1 saturated heterocycles. The molecule has 28 heavy (non-hydrogen) atoms. The molecular formula is C16H16N8O4. The summed E-state index contributed by atoms with van der Waals surface area (Å²) in [5.74, 6) is -0.196. The van der Waals surface area contributed by atoms with Crippen LogP contribution in [-0.2, 0) is 9.47 Å². The van der Waals surface area contributed by atoms with Crippen molar-refractivity contribution in [3.63, 3.8) is 0 Å². The second-order valence-corrected chi connectivity index (χ2v) is 5.95. The van der Waals surface area contributed by atoms with Crippen LogP contribution in [0.4, 0.5) is 16.6 Å². The molecule has 1 aliphatic heterocycles. The molecule has 4 heterocycles. The molecule has 0 saturated carbocycles. The first-order chi connectivity index (χ1) is 13.5. The number of carbonyl (C=O) groups is 2. The molecule has 0 aromatic carbocycles. The zero-order valence-corrected chi connectivity index (χ0v) is 14.6. The van der Waals surface area contributed by atoms with E-state index in [-0.39, 0.29) is 11.6 Å². The van der Waals surface area contributed by atoms with Crippen LogP contribution in [0.25, 0.3) is 16.8 Å². The van der Waals surface area contributed by atoms with Crippen molar-refractivity contribution in [3.8, 4) is 11.3 Å². The number of amides is 1. The molecule has 0 bridgehead atoms. The number of nitrogens with two attached hydrogens (primary N) is 2.